The van der Waals surface area contributed by atoms with Crippen molar-refractivity contribution in [2.45, 2.75) is 135 Å². The second-order valence-corrected chi connectivity index (χ2v) is 15.5. The average molecular weight is 530 g/mol. The van der Waals surface area contributed by atoms with Crippen molar-refractivity contribution in [3.63, 3.8) is 0 Å². The minimum Gasteiger partial charge on any atom is -0.461 e. The summed E-state index contributed by atoms with van der Waals surface area (Å²) in [6.45, 7) is 11.6. The number of hydrogen-bond donors (Lipinski definition) is 1. The van der Waals surface area contributed by atoms with Crippen LogP contribution in [0.25, 0.3) is 0 Å². The van der Waals surface area contributed by atoms with Crippen LogP contribution in [0.4, 0.5) is 0 Å². The fraction of sp³-hybridized carbons (Fsp3) is 0.970. The molecule has 4 saturated carbocycles. The van der Waals surface area contributed by atoms with Crippen LogP contribution in [0, 0.1) is 34.5 Å². The van der Waals surface area contributed by atoms with E-state index in [2.05, 4.69) is 25.8 Å². The minimum absolute atomic E-state index is 0.0688. The summed E-state index contributed by atoms with van der Waals surface area (Å²) >= 11 is 0. The van der Waals surface area contributed by atoms with Crippen LogP contribution in [0.3, 0.4) is 0 Å². The Kier molecular flexibility index (Phi) is 7.47. The maximum absolute atomic E-state index is 12.1. The average Bonchev–Trinajstić information content (AvgIpc) is 3.02. The number of ether oxygens (including phenoxy) is 1. The number of likely N-dealkylation sites (tertiary alicyclic amines) is 2. The Morgan fingerprint density at radius 3 is 2.26 bits per heavy atom. The summed E-state index contributed by atoms with van der Waals surface area (Å²) in [6, 6.07) is 0.809. The Morgan fingerprint density at radius 2 is 1.58 bits per heavy atom. The number of likely N-dealkylation sites (N-methyl/N-ethyl adjacent to an activating group) is 1. The van der Waals surface area contributed by atoms with E-state index in [-0.39, 0.29) is 23.6 Å². The van der Waals surface area contributed by atoms with Gasteiger partial charge >= 0.3 is 5.97 Å². The molecule has 5 heteroatoms. The van der Waals surface area contributed by atoms with Crippen molar-refractivity contribution in [2.75, 3.05) is 33.2 Å². The number of aliphatic hydroxyl groups is 1. The molecule has 38 heavy (non-hydrogen) atoms. The van der Waals surface area contributed by atoms with Gasteiger partial charge in [0.1, 0.15) is 18.2 Å². The van der Waals surface area contributed by atoms with Gasteiger partial charge in [-0.15, -0.1) is 0 Å². The molecule has 0 bridgehead atoms. The number of rotatable bonds is 3. The van der Waals surface area contributed by atoms with Crippen molar-refractivity contribution < 1.29 is 19.1 Å². The first kappa shape index (κ1) is 27.5. The Hall–Kier alpha value is -0.650. The zero-order chi connectivity index (χ0) is 26.7. The summed E-state index contributed by atoms with van der Waals surface area (Å²) in [5.74, 6) is 2.73. The maximum Gasteiger partial charge on any atom is 0.302 e. The number of nitrogens with zero attached hydrogens (tertiary/aromatic N) is 2. The Labute approximate surface area is 232 Å². The molecule has 0 aromatic rings. The highest BCUT2D eigenvalue weighted by atomic mass is 16.5. The molecular formula is C33H57N2O3+. The summed E-state index contributed by atoms with van der Waals surface area (Å²) in [7, 11) is 2.48. The van der Waals surface area contributed by atoms with Gasteiger partial charge in [-0.25, -0.2) is 0 Å². The first-order chi connectivity index (χ1) is 18.2. The number of aliphatic hydroxyl groups excluding tert-OH is 1. The van der Waals surface area contributed by atoms with E-state index >= 15 is 0 Å². The number of piperidine rings is 1. The van der Waals surface area contributed by atoms with Gasteiger partial charge in [0.15, 0.2) is 0 Å². The third-order valence-electron chi connectivity index (χ3n) is 13.7. The van der Waals surface area contributed by atoms with Crippen molar-refractivity contribution in [3.05, 3.63) is 0 Å². The van der Waals surface area contributed by atoms with Crippen LogP contribution in [-0.4, -0.2) is 78.0 Å². The van der Waals surface area contributed by atoms with E-state index in [0.29, 0.717) is 29.3 Å². The molecule has 2 aliphatic heterocycles. The van der Waals surface area contributed by atoms with E-state index in [0.717, 1.165) is 22.7 Å². The number of hydrogen-bond acceptors (Lipinski definition) is 4. The summed E-state index contributed by atoms with van der Waals surface area (Å²) in [5.41, 5.74) is 0.414. The maximum atomic E-state index is 12.1. The topological polar surface area (TPSA) is 49.8 Å². The smallest absolute Gasteiger partial charge is 0.302 e. The van der Waals surface area contributed by atoms with Gasteiger partial charge in [-0.2, -0.15) is 0 Å². The number of carbonyl (C=O) groups is 1. The lowest BCUT2D eigenvalue weighted by molar-refractivity contribution is -0.935. The van der Waals surface area contributed by atoms with Crippen LogP contribution >= 0.6 is 0 Å². The van der Waals surface area contributed by atoms with Crippen LogP contribution in [-0.2, 0) is 9.53 Å². The molecule has 10 atom stereocenters. The molecular weight excluding hydrogens is 472 g/mol. The third-order valence-corrected chi connectivity index (χ3v) is 13.7. The van der Waals surface area contributed by atoms with Crippen molar-refractivity contribution in [2.24, 2.45) is 34.5 Å². The largest absolute Gasteiger partial charge is 0.461 e. The molecule has 6 fully saturated rings. The van der Waals surface area contributed by atoms with Crippen LogP contribution < -0.4 is 0 Å². The van der Waals surface area contributed by atoms with E-state index in [1.807, 2.05) is 0 Å². The molecule has 2 heterocycles. The van der Waals surface area contributed by atoms with Gasteiger partial charge < -0.3 is 14.3 Å². The SMILES string of the molecule is CC(=O)O[C@H]1C[C@@H]2CCC3C4C[C@H]([N+]5(C)CCCCCC5)[C@H](O)[C@@]4(C)CCC3[C@@]2(C)C[C@@H]1N1CCCCC1. The predicted molar refractivity (Wildman–Crippen MR) is 151 cm³/mol. The fourth-order valence-electron chi connectivity index (χ4n) is 11.5. The van der Waals surface area contributed by atoms with Crippen molar-refractivity contribution in [1.82, 2.24) is 4.90 Å². The zero-order valence-corrected chi connectivity index (χ0v) is 25.0. The van der Waals surface area contributed by atoms with Gasteiger partial charge in [-0.1, -0.05) is 20.3 Å². The monoisotopic (exact) mass is 529 g/mol. The van der Waals surface area contributed by atoms with E-state index < -0.39 is 0 Å². The molecule has 0 spiro atoms. The highest BCUT2D eigenvalue weighted by molar-refractivity contribution is 5.66. The minimum atomic E-state index is -0.150. The molecule has 0 amide bonds. The molecule has 5 nitrogen and oxygen atoms in total. The van der Waals surface area contributed by atoms with Crippen molar-refractivity contribution in [1.29, 1.82) is 0 Å². The Balaban J connectivity index is 1.26. The van der Waals surface area contributed by atoms with Gasteiger partial charge in [0.05, 0.1) is 20.1 Å². The number of quaternary nitrogens is 1. The highest BCUT2D eigenvalue weighted by Gasteiger charge is 2.66. The van der Waals surface area contributed by atoms with Gasteiger partial charge in [-0.3, -0.25) is 9.69 Å². The second kappa shape index (κ2) is 10.3. The molecule has 6 rings (SSSR count). The summed E-state index contributed by atoms with van der Waals surface area (Å²) in [5, 5.41) is 12.0. The molecule has 0 aromatic carbocycles. The number of esters is 1. The third kappa shape index (κ3) is 4.49. The quantitative estimate of drug-likeness (QED) is 0.372. The lowest BCUT2D eigenvalue weighted by Gasteiger charge is -2.62. The van der Waals surface area contributed by atoms with Crippen molar-refractivity contribution >= 4 is 5.97 Å². The first-order valence-electron chi connectivity index (χ1n) is 16.6. The summed E-state index contributed by atoms with van der Waals surface area (Å²) < 4.78 is 7.19. The van der Waals surface area contributed by atoms with Crippen LogP contribution in [0.5, 0.6) is 0 Å². The molecule has 216 valence electrons. The lowest BCUT2D eigenvalue weighted by Crippen LogP contribution is -2.61. The molecule has 1 N–H and O–H groups in total. The number of fused-ring (bicyclic) bond motifs is 5. The van der Waals surface area contributed by atoms with Crippen LogP contribution in [0.15, 0.2) is 0 Å². The van der Waals surface area contributed by atoms with Crippen LogP contribution in [0.2, 0.25) is 0 Å². The lowest BCUT2D eigenvalue weighted by atomic mass is 9.44. The molecule has 3 unspecified atom stereocenters. The summed E-state index contributed by atoms with van der Waals surface area (Å²) in [6.07, 6.45) is 17.8. The fourth-order valence-corrected chi connectivity index (χ4v) is 11.5. The van der Waals surface area contributed by atoms with Gasteiger partial charge in [-0.05, 0) is 119 Å². The van der Waals surface area contributed by atoms with Gasteiger partial charge in [0.25, 0.3) is 0 Å². The summed E-state index contributed by atoms with van der Waals surface area (Å²) in [4.78, 5) is 14.8. The zero-order valence-electron chi connectivity index (χ0n) is 25.0. The Morgan fingerprint density at radius 1 is 0.895 bits per heavy atom. The standard InChI is InChI=1S/C33H57N2O3/c1-23(36)38-30-20-24-12-13-25-26(33(24,3)22-28(30)34-16-8-7-9-17-34)14-15-32(2)27(25)21-29(31(32)37)35(4)18-10-5-6-11-19-35/h24-31,37H,5-22H2,1-4H3/q+1/t24-,25?,26?,27?,28-,29-,30-,31-,32-,33-/m0/s1. The van der Waals surface area contributed by atoms with E-state index in [9.17, 15) is 9.90 Å². The molecule has 0 aromatic heterocycles. The normalized spacial score (nSPS) is 49.3. The molecule has 4 aliphatic carbocycles. The Bertz CT molecular complexity index is 864. The molecule has 0 radical (unpaired) electrons. The molecule has 6 aliphatic rings. The predicted octanol–water partition coefficient (Wildman–Crippen LogP) is 5.79. The highest BCUT2D eigenvalue weighted by Crippen LogP contribution is 2.67. The van der Waals surface area contributed by atoms with Crippen LogP contribution in [0.1, 0.15) is 111 Å². The van der Waals surface area contributed by atoms with Gasteiger partial charge in [0, 0.05) is 24.8 Å². The van der Waals surface area contributed by atoms with E-state index in [1.54, 1.807) is 6.92 Å². The van der Waals surface area contributed by atoms with E-state index in [1.165, 1.54) is 110 Å². The van der Waals surface area contributed by atoms with Crippen molar-refractivity contribution in [3.8, 4) is 0 Å². The number of carbonyl (C=O) groups excluding carboxylic acids is 1. The second-order valence-electron chi connectivity index (χ2n) is 15.5. The van der Waals surface area contributed by atoms with E-state index in [4.69, 9.17) is 4.74 Å². The van der Waals surface area contributed by atoms with Gasteiger partial charge in [0.2, 0.25) is 0 Å². The molecule has 2 saturated heterocycles. The first-order valence-corrected chi connectivity index (χ1v) is 16.6.